The lowest BCUT2D eigenvalue weighted by Gasteiger charge is -2.49. The average Bonchev–Trinajstić information content (AvgIpc) is 2.98. The zero-order chi connectivity index (χ0) is 21.9. The van der Waals surface area contributed by atoms with Gasteiger partial charge in [-0.3, -0.25) is 9.36 Å². The van der Waals surface area contributed by atoms with Gasteiger partial charge in [0.2, 0.25) is 5.91 Å². The Morgan fingerprint density at radius 1 is 1.03 bits per heavy atom. The normalized spacial score (nSPS) is 16.1. The third-order valence-electron chi connectivity index (χ3n) is 5.31. The molecule has 0 saturated carbocycles. The number of hydroxylamine groups is 1. The second-order valence-corrected chi connectivity index (χ2v) is 8.71. The third kappa shape index (κ3) is 4.39. The largest absolute Gasteiger partial charge is 0.494 e. The van der Waals surface area contributed by atoms with Gasteiger partial charge in [-0.1, -0.05) is 37.3 Å². The van der Waals surface area contributed by atoms with Crippen molar-refractivity contribution >= 4 is 5.91 Å². The van der Waals surface area contributed by atoms with Gasteiger partial charge in [0.05, 0.1) is 0 Å². The van der Waals surface area contributed by atoms with Crippen molar-refractivity contribution in [1.29, 1.82) is 0 Å². The Morgan fingerprint density at radius 3 is 2.03 bits per heavy atom. The quantitative estimate of drug-likeness (QED) is 0.371. The Bertz CT molecular complexity index is 811. The molecule has 2 atom stereocenters. The molecule has 1 aromatic heterocycles. The monoisotopic (exact) mass is 404 g/mol. The molecule has 160 valence electrons. The highest BCUT2D eigenvalue weighted by Gasteiger charge is 2.56. The van der Waals surface area contributed by atoms with E-state index in [4.69, 9.17) is 5.73 Å². The molecule has 0 aliphatic heterocycles. The SMILES string of the molecule is CC(C)(C)NC(=O)[C@](Cc1ccccc1)(n1c(O)ccc1O)[C@](C)(CN)CNO. The second kappa shape index (κ2) is 8.44. The van der Waals surface area contributed by atoms with Crippen LogP contribution in [-0.2, 0) is 16.8 Å². The molecule has 0 bridgehead atoms. The summed E-state index contributed by atoms with van der Waals surface area (Å²) < 4.78 is 1.20. The highest BCUT2D eigenvalue weighted by atomic mass is 16.5. The van der Waals surface area contributed by atoms with E-state index in [2.05, 4.69) is 10.8 Å². The minimum absolute atomic E-state index is 0.0119. The fourth-order valence-corrected chi connectivity index (χ4v) is 3.72. The third-order valence-corrected chi connectivity index (χ3v) is 5.31. The number of nitrogens with two attached hydrogens (primary N) is 1. The molecule has 0 aliphatic rings. The number of nitrogens with zero attached hydrogens (tertiary/aromatic N) is 1. The van der Waals surface area contributed by atoms with Crippen molar-refractivity contribution in [2.24, 2.45) is 11.1 Å². The molecule has 1 aromatic carbocycles. The van der Waals surface area contributed by atoms with Crippen LogP contribution in [0.25, 0.3) is 0 Å². The summed E-state index contributed by atoms with van der Waals surface area (Å²) in [5, 5.41) is 33.8. The van der Waals surface area contributed by atoms with Gasteiger partial charge in [-0.15, -0.1) is 0 Å². The second-order valence-electron chi connectivity index (χ2n) is 8.71. The lowest BCUT2D eigenvalue weighted by atomic mass is 9.66. The summed E-state index contributed by atoms with van der Waals surface area (Å²) in [6.45, 7) is 7.21. The van der Waals surface area contributed by atoms with Crippen LogP contribution in [0.4, 0.5) is 0 Å². The average molecular weight is 405 g/mol. The number of benzene rings is 1. The van der Waals surface area contributed by atoms with Gasteiger partial charge in [-0.2, -0.15) is 0 Å². The number of amides is 1. The summed E-state index contributed by atoms with van der Waals surface area (Å²) in [6.07, 6.45) is 0.126. The first-order valence-corrected chi connectivity index (χ1v) is 9.54. The van der Waals surface area contributed by atoms with Crippen molar-refractivity contribution in [3.63, 3.8) is 0 Å². The van der Waals surface area contributed by atoms with Gasteiger partial charge in [0, 0.05) is 42.6 Å². The minimum atomic E-state index is -1.55. The smallest absolute Gasteiger partial charge is 0.247 e. The Hall–Kier alpha value is -2.55. The van der Waals surface area contributed by atoms with Crippen molar-refractivity contribution in [3.8, 4) is 11.8 Å². The molecular formula is C21H32N4O4. The Morgan fingerprint density at radius 2 is 1.59 bits per heavy atom. The van der Waals surface area contributed by atoms with E-state index in [1.165, 1.54) is 16.7 Å². The van der Waals surface area contributed by atoms with Crippen molar-refractivity contribution < 1.29 is 20.2 Å². The number of carbonyl (C=O) groups is 1. The van der Waals surface area contributed by atoms with E-state index in [-0.39, 0.29) is 31.3 Å². The number of aromatic nitrogens is 1. The lowest BCUT2D eigenvalue weighted by Crippen LogP contribution is -2.66. The molecular weight excluding hydrogens is 372 g/mol. The number of nitrogens with one attached hydrogen (secondary N) is 2. The highest BCUT2D eigenvalue weighted by molar-refractivity contribution is 5.87. The van der Waals surface area contributed by atoms with Gasteiger partial charge in [0.25, 0.3) is 0 Å². The molecule has 8 nitrogen and oxygen atoms in total. The minimum Gasteiger partial charge on any atom is -0.494 e. The molecule has 8 heteroatoms. The number of carbonyl (C=O) groups excluding carboxylic acids is 1. The van der Waals surface area contributed by atoms with E-state index < -0.39 is 22.4 Å². The molecule has 7 N–H and O–H groups in total. The molecule has 0 fully saturated rings. The van der Waals surface area contributed by atoms with E-state index in [0.717, 1.165) is 5.56 Å². The Kier molecular flexibility index (Phi) is 6.62. The zero-order valence-corrected chi connectivity index (χ0v) is 17.4. The van der Waals surface area contributed by atoms with Crippen LogP contribution in [0.3, 0.4) is 0 Å². The first-order chi connectivity index (χ1) is 13.5. The summed E-state index contributed by atoms with van der Waals surface area (Å²) in [5.74, 6) is -0.987. The first kappa shape index (κ1) is 22.7. The van der Waals surface area contributed by atoms with Crippen molar-refractivity contribution in [2.45, 2.75) is 45.2 Å². The predicted molar refractivity (Wildman–Crippen MR) is 111 cm³/mol. The summed E-state index contributed by atoms with van der Waals surface area (Å²) >= 11 is 0. The van der Waals surface area contributed by atoms with E-state index >= 15 is 0 Å². The molecule has 1 heterocycles. The van der Waals surface area contributed by atoms with Crippen LogP contribution in [0.2, 0.25) is 0 Å². The van der Waals surface area contributed by atoms with Gasteiger partial charge in [0.15, 0.2) is 11.8 Å². The summed E-state index contributed by atoms with van der Waals surface area (Å²) in [7, 11) is 0. The molecule has 29 heavy (non-hydrogen) atoms. The molecule has 1 amide bonds. The fraction of sp³-hybridized carbons (Fsp3) is 0.476. The maximum absolute atomic E-state index is 13.8. The molecule has 0 spiro atoms. The Labute approximate surface area is 171 Å². The highest BCUT2D eigenvalue weighted by Crippen LogP contribution is 2.45. The van der Waals surface area contributed by atoms with Crippen molar-refractivity contribution in [2.75, 3.05) is 13.1 Å². The molecule has 0 saturated heterocycles. The molecule has 0 aliphatic carbocycles. The van der Waals surface area contributed by atoms with E-state index in [1.54, 1.807) is 6.92 Å². The van der Waals surface area contributed by atoms with Gasteiger partial charge in [-0.05, 0) is 26.3 Å². The molecule has 2 aromatic rings. The zero-order valence-electron chi connectivity index (χ0n) is 17.4. The Balaban J connectivity index is 2.85. The van der Waals surface area contributed by atoms with E-state index in [1.807, 2.05) is 51.1 Å². The maximum Gasteiger partial charge on any atom is 0.247 e. The summed E-state index contributed by atoms with van der Waals surface area (Å²) in [4.78, 5) is 13.8. The standard InChI is InChI=1S/C21H32N4O4/c1-19(2,3)24-18(28)21(20(4,13-22)14-23-29,12-15-8-6-5-7-9-15)25-16(26)10-11-17(25)27/h5-11,23,26-27,29H,12-14,22H2,1-4H3,(H,24,28)/t20-,21+/m1/s1. The predicted octanol–water partition coefficient (Wildman–Crippen LogP) is 1.70. The van der Waals surface area contributed by atoms with Crippen molar-refractivity contribution in [3.05, 3.63) is 48.0 Å². The van der Waals surface area contributed by atoms with Gasteiger partial charge in [0.1, 0.15) is 5.54 Å². The molecule has 0 unspecified atom stereocenters. The number of hydrogen-bond donors (Lipinski definition) is 6. The van der Waals surface area contributed by atoms with Crippen LogP contribution in [-0.4, -0.2) is 44.5 Å². The van der Waals surface area contributed by atoms with Crippen LogP contribution in [0.1, 0.15) is 33.3 Å². The fourth-order valence-electron chi connectivity index (χ4n) is 3.72. The summed E-state index contributed by atoms with van der Waals surface area (Å²) in [5.41, 5.74) is 5.84. The first-order valence-electron chi connectivity index (χ1n) is 9.54. The molecule has 2 rings (SSSR count). The van der Waals surface area contributed by atoms with E-state index in [0.29, 0.717) is 0 Å². The lowest BCUT2D eigenvalue weighted by molar-refractivity contribution is -0.140. The molecule has 0 radical (unpaired) electrons. The number of rotatable bonds is 8. The van der Waals surface area contributed by atoms with Crippen LogP contribution in [0.5, 0.6) is 11.8 Å². The maximum atomic E-state index is 13.8. The van der Waals surface area contributed by atoms with Gasteiger partial charge in [-0.25, -0.2) is 5.48 Å². The van der Waals surface area contributed by atoms with Gasteiger partial charge >= 0.3 is 0 Å². The van der Waals surface area contributed by atoms with Crippen molar-refractivity contribution in [1.82, 2.24) is 15.4 Å². The number of aromatic hydroxyl groups is 2. The van der Waals surface area contributed by atoms with Gasteiger partial charge < -0.3 is 26.5 Å². The van der Waals surface area contributed by atoms with E-state index in [9.17, 15) is 20.2 Å². The van der Waals surface area contributed by atoms with Crippen LogP contribution >= 0.6 is 0 Å². The van der Waals surface area contributed by atoms with Crippen LogP contribution in [0, 0.1) is 5.41 Å². The van der Waals surface area contributed by atoms with Crippen LogP contribution in [0.15, 0.2) is 42.5 Å². The number of hydrogen-bond acceptors (Lipinski definition) is 6. The van der Waals surface area contributed by atoms with Crippen LogP contribution < -0.4 is 16.5 Å². The summed E-state index contributed by atoms with van der Waals surface area (Å²) in [6, 6.07) is 11.9. The topological polar surface area (TPSA) is 133 Å².